The smallest absolute Gasteiger partial charge is 0.317 e. The Hall–Kier alpha value is -2.38. The minimum Gasteiger partial charge on any atom is -0.337 e. The third-order valence-corrected chi connectivity index (χ3v) is 4.93. The molecule has 0 spiro atoms. The van der Waals surface area contributed by atoms with Crippen LogP contribution in [0, 0.1) is 12.3 Å². The van der Waals surface area contributed by atoms with Gasteiger partial charge in [-0.3, -0.25) is 0 Å². The maximum atomic E-state index is 12.4. The molecule has 0 bridgehead atoms. The van der Waals surface area contributed by atoms with Gasteiger partial charge in [-0.25, -0.2) is 9.78 Å². The summed E-state index contributed by atoms with van der Waals surface area (Å²) in [4.78, 5) is 18.4. The van der Waals surface area contributed by atoms with Gasteiger partial charge in [0.05, 0.1) is 6.54 Å². The summed E-state index contributed by atoms with van der Waals surface area (Å²) in [6.45, 7) is 8.18. The molecule has 8 nitrogen and oxygen atoms in total. The molecule has 0 saturated heterocycles. The average Bonchev–Trinajstić information content (AvgIpc) is 2.96. The summed E-state index contributed by atoms with van der Waals surface area (Å²) >= 11 is 0. The first kappa shape index (κ1) is 17.4. The first-order valence-corrected chi connectivity index (χ1v) is 8.75. The summed E-state index contributed by atoms with van der Waals surface area (Å²) in [5.41, 5.74) is 0.167. The standard InChI is InChI=1S/C17H27N7O/c1-13(2)24-12-20-21-15(24)9-22(4)16(25)19-10-17(5-6-17)11-23-8-7-18-14(23)3/h7-8,12-13H,5-6,9-11H2,1-4H3,(H,19,25). The van der Waals surface area contributed by atoms with Crippen LogP contribution >= 0.6 is 0 Å². The van der Waals surface area contributed by atoms with Crippen molar-refractivity contribution in [3.05, 3.63) is 30.4 Å². The number of hydrogen-bond donors (Lipinski definition) is 1. The Bertz CT molecular complexity index is 729. The Balaban J connectivity index is 1.52. The van der Waals surface area contributed by atoms with Gasteiger partial charge in [-0.15, -0.1) is 10.2 Å². The zero-order chi connectivity index (χ0) is 18.0. The van der Waals surface area contributed by atoms with E-state index in [9.17, 15) is 4.79 Å². The highest BCUT2D eigenvalue weighted by molar-refractivity contribution is 5.73. The lowest BCUT2D eigenvalue weighted by molar-refractivity contribution is 0.201. The molecule has 2 aromatic heterocycles. The first-order chi connectivity index (χ1) is 11.9. The molecule has 0 aliphatic heterocycles. The fourth-order valence-corrected chi connectivity index (χ4v) is 2.99. The van der Waals surface area contributed by atoms with Gasteiger partial charge in [0.2, 0.25) is 0 Å². The topological polar surface area (TPSA) is 80.9 Å². The van der Waals surface area contributed by atoms with Crippen molar-refractivity contribution in [2.24, 2.45) is 5.41 Å². The van der Waals surface area contributed by atoms with E-state index in [1.807, 2.05) is 23.9 Å². The quantitative estimate of drug-likeness (QED) is 0.832. The fraction of sp³-hybridized carbons (Fsp3) is 0.647. The van der Waals surface area contributed by atoms with Gasteiger partial charge in [0.15, 0.2) is 5.82 Å². The summed E-state index contributed by atoms with van der Waals surface area (Å²) in [6, 6.07) is 0.196. The summed E-state index contributed by atoms with van der Waals surface area (Å²) in [5, 5.41) is 11.1. The second kappa shape index (κ2) is 6.85. The van der Waals surface area contributed by atoms with Crippen LogP contribution in [0.15, 0.2) is 18.7 Å². The van der Waals surface area contributed by atoms with Crippen LogP contribution in [-0.2, 0) is 13.1 Å². The molecule has 1 fully saturated rings. The van der Waals surface area contributed by atoms with E-state index in [2.05, 4.69) is 38.9 Å². The van der Waals surface area contributed by atoms with Crippen molar-refractivity contribution in [1.29, 1.82) is 0 Å². The Kier molecular flexibility index (Phi) is 4.78. The average molecular weight is 345 g/mol. The van der Waals surface area contributed by atoms with Crippen LogP contribution in [0.2, 0.25) is 0 Å². The second-order valence-electron chi connectivity index (χ2n) is 7.37. The van der Waals surface area contributed by atoms with Crippen LogP contribution in [0.1, 0.15) is 44.4 Å². The van der Waals surface area contributed by atoms with Crippen LogP contribution in [0.25, 0.3) is 0 Å². The van der Waals surface area contributed by atoms with Crippen LogP contribution in [0.4, 0.5) is 4.79 Å². The molecule has 1 N–H and O–H groups in total. The summed E-state index contributed by atoms with van der Waals surface area (Å²) < 4.78 is 4.14. The van der Waals surface area contributed by atoms with E-state index in [1.165, 1.54) is 0 Å². The van der Waals surface area contributed by atoms with Crippen LogP contribution in [0.5, 0.6) is 0 Å². The van der Waals surface area contributed by atoms with E-state index in [0.29, 0.717) is 13.1 Å². The molecule has 2 amide bonds. The number of urea groups is 1. The van der Waals surface area contributed by atoms with Crippen molar-refractivity contribution in [3.63, 3.8) is 0 Å². The maximum absolute atomic E-state index is 12.4. The number of aryl methyl sites for hydroxylation is 1. The SMILES string of the molecule is Cc1nccn1CC1(CNC(=O)N(C)Cc2nncn2C(C)C)CC1. The number of amides is 2. The third kappa shape index (κ3) is 4.00. The highest BCUT2D eigenvalue weighted by Crippen LogP contribution is 2.46. The van der Waals surface area contributed by atoms with Gasteiger partial charge in [-0.1, -0.05) is 0 Å². The molecular formula is C17H27N7O. The molecule has 0 radical (unpaired) electrons. The van der Waals surface area contributed by atoms with E-state index in [0.717, 1.165) is 31.0 Å². The van der Waals surface area contributed by atoms with E-state index < -0.39 is 0 Å². The van der Waals surface area contributed by atoms with Crippen molar-refractivity contribution >= 4 is 6.03 Å². The minimum atomic E-state index is -0.0769. The molecule has 2 heterocycles. The molecule has 136 valence electrons. The Labute approximate surface area is 148 Å². The second-order valence-corrected chi connectivity index (χ2v) is 7.37. The van der Waals surface area contributed by atoms with Crippen LogP contribution in [0.3, 0.4) is 0 Å². The normalized spacial score (nSPS) is 15.4. The van der Waals surface area contributed by atoms with Crippen molar-refractivity contribution in [2.75, 3.05) is 13.6 Å². The summed E-state index contributed by atoms with van der Waals surface area (Å²) in [7, 11) is 1.79. The third-order valence-electron chi connectivity index (χ3n) is 4.93. The molecule has 3 rings (SSSR count). The molecule has 0 atom stereocenters. The van der Waals surface area contributed by atoms with Gasteiger partial charge >= 0.3 is 6.03 Å². The van der Waals surface area contributed by atoms with Gasteiger partial charge in [0, 0.05) is 44.0 Å². The number of imidazole rings is 1. The largest absolute Gasteiger partial charge is 0.337 e. The van der Waals surface area contributed by atoms with Crippen molar-refractivity contribution in [2.45, 2.75) is 52.7 Å². The van der Waals surface area contributed by atoms with E-state index in [-0.39, 0.29) is 17.5 Å². The van der Waals surface area contributed by atoms with Crippen molar-refractivity contribution < 1.29 is 4.79 Å². The highest BCUT2D eigenvalue weighted by atomic mass is 16.2. The van der Waals surface area contributed by atoms with Crippen molar-refractivity contribution in [1.82, 2.24) is 34.5 Å². The molecule has 0 aromatic carbocycles. The Morgan fingerprint density at radius 2 is 2.20 bits per heavy atom. The molecule has 1 aliphatic carbocycles. The molecular weight excluding hydrogens is 318 g/mol. The monoisotopic (exact) mass is 345 g/mol. The van der Waals surface area contributed by atoms with Crippen LogP contribution < -0.4 is 5.32 Å². The number of nitrogens with one attached hydrogen (secondary N) is 1. The maximum Gasteiger partial charge on any atom is 0.317 e. The Morgan fingerprint density at radius 3 is 2.80 bits per heavy atom. The molecule has 8 heteroatoms. The number of carbonyl (C=O) groups is 1. The summed E-state index contributed by atoms with van der Waals surface area (Å²) in [6.07, 6.45) is 7.80. The lowest BCUT2D eigenvalue weighted by atomic mass is 10.1. The van der Waals surface area contributed by atoms with E-state index in [1.54, 1.807) is 18.3 Å². The number of hydrogen-bond acceptors (Lipinski definition) is 4. The molecule has 1 saturated carbocycles. The van der Waals surface area contributed by atoms with E-state index in [4.69, 9.17) is 0 Å². The highest BCUT2D eigenvalue weighted by Gasteiger charge is 2.43. The van der Waals surface area contributed by atoms with Crippen LogP contribution in [-0.4, -0.2) is 48.8 Å². The summed E-state index contributed by atoms with van der Waals surface area (Å²) in [5.74, 6) is 1.81. The number of aromatic nitrogens is 5. The molecule has 25 heavy (non-hydrogen) atoms. The minimum absolute atomic E-state index is 0.0769. The van der Waals surface area contributed by atoms with Gasteiger partial charge in [-0.2, -0.15) is 0 Å². The first-order valence-electron chi connectivity index (χ1n) is 8.75. The zero-order valence-electron chi connectivity index (χ0n) is 15.4. The molecule has 0 unspecified atom stereocenters. The fourth-order valence-electron chi connectivity index (χ4n) is 2.99. The predicted molar refractivity (Wildman–Crippen MR) is 93.9 cm³/mol. The number of nitrogens with zero attached hydrogens (tertiary/aromatic N) is 6. The number of rotatable bonds is 7. The molecule has 1 aliphatic rings. The van der Waals surface area contributed by atoms with Gasteiger partial charge in [-0.05, 0) is 33.6 Å². The van der Waals surface area contributed by atoms with Gasteiger partial charge in [0.25, 0.3) is 0 Å². The lowest BCUT2D eigenvalue weighted by Crippen LogP contribution is -2.41. The Morgan fingerprint density at radius 1 is 1.44 bits per heavy atom. The van der Waals surface area contributed by atoms with Gasteiger partial charge < -0.3 is 19.4 Å². The predicted octanol–water partition coefficient (Wildman–Crippen LogP) is 1.99. The molecule has 2 aromatic rings. The van der Waals surface area contributed by atoms with Crippen molar-refractivity contribution in [3.8, 4) is 0 Å². The van der Waals surface area contributed by atoms with E-state index >= 15 is 0 Å². The van der Waals surface area contributed by atoms with Gasteiger partial charge in [0.1, 0.15) is 12.2 Å². The zero-order valence-corrected chi connectivity index (χ0v) is 15.4. The lowest BCUT2D eigenvalue weighted by Gasteiger charge is -2.22. The number of carbonyl (C=O) groups excluding carboxylic acids is 1.